The van der Waals surface area contributed by atoms with Crippen molar-refractivity contribution in [1.29, 1.82) is 0 Å². The van der Waals surface area contributed by atoms with Gasteiger partial charge in [0.05, 0.1) is 6.61 Å². The van der Waals surface area contributed by atoms with Crippen molar-refractivity contribution in [3.05, 3.63) is 78.4 Å². The summed E-state index contributed by atoms with van der Waals surface area (Å²) < 4.78 is 46.3. The number of ether oxygens (including phenoxy) is 1. The van der Waals surface area contributed by atoms with E-state index in [9.17, 15) is 18.0 Å². The number of carbonyl (C=O) groups is 1. The van der Waals surface area contributed by atoms with Crippen LogP contribution in [0.2, 0.25) is 0 Å². The molecular weight excluding hydrogens is 409 g/mol. The highest BCUT2D eigenvalue weighted by Gasteiger charge is 2.35. The summed E-state index contributed by atoms with van der Waals surface area (Å²) in [5.74, 6) is -0.985. The molecule has 0 saturated carbocycles. The molecular formula is C23H21F3N2O3. The van der Waals surface area contributed by atoms with Crippen LogP contribution in [0.15, 0.2) is 72.8 Å². The molecule has 1 atom stereocenters. The molecule has 0 saturated heterocycles. The van der Waals surface area contributed by atoms with Gasteiger partial charge in [0.25, 0.3) is 0 Å². The molecule has 0 bridgehead atoms. The number of hydrogen-bond acceptors (Lipinski definition) is 4. The van der Waals surface area contributed by atoms with Gasteiger partial charge in [0.2, 0.25) is 5.91 Å². The third-order valence-corrected chi connectivity index (χ3v) is 4.58. The molecule has 0 aliphatic carbocycles. The van der Waals surface area contributed by atoms with Crippen molar-refractivity contribution < 1.29 is 27.8 Å². The van der Waals surface area contributed by atoms with Gasteiger partial charge >= 0.3 is 6.18 Å². The van der Waals surface area contributed by atoms with Gasteiger partial charge in [-0.2, -0.15) is 13.2 Å². The summed E-state index contributed by atoms with van der Waals surface area (Å²) in [6.07, 6.45) is -4.72. The number of rotatable bonds is 6. The second-order valence-electron chi connectivity index (χ2n) is 7.23. The fourth-order valence-corrected chi connectivity index (χ4v) is 2.74. The third-order valence-electron chi connectivity index (χ3n) is 4.58. The van der Waals surface area contributed by atoms with Gasteiger partial charge in [0, 0.05) is 5.69 Å². The first kappa shape index (κ1) is 22.3. The Morgan fingerprint density at radius 3 is 2.19 bits per heavy atom. The van der Waals surface area contributed by atoms with Crippen LogP contribution >= 0.6 is 0 Å². The van der Waals surface area contributed by atoms with Gasteiger partial charge in [-0.15, -0.1) is 0 Å². The SMILES string of the molecule is C[C@](N)(CO)C(=O)Nc1ccc(Oc2ccc(-c3ccccc3)cc2)c(C(F)(F)F)c1. The number of anilines is 1. The third kappa shape index (κ3) is 5.42. The second kappa shape index (κ2) is 8.79. The highest BCUT2D eigenvalue weighted by atomic mass is 19.4. The molecule has 5 nitrogen and oxygen atoms in total. The Morgan fingerprint density at radius 1 is 1.00 bits per heavy atom. The molecule has 8 heteroatoms. The summed E-state index contributed by atoms with van der Waals surface area (Å²) in [7, 11) is 0. The number of halogens is 3. The van der Waals surface area contributed by atoms with E-state index in [2.05, 4.69) is 5.32 Å². The van der Waals surface area contributed by atoms with Gasteiger partial charge in [0.15, 0.2) is 0 Å². The lowest BCUT2D eigenvalue weighted by Crippen LogP contribution is -2.51. The summed E-state index contributed by atoms with van der Waals surface area (Å²) in [6.45, 7) is 0.606. The van der Waals surface area contributed by atoms with Crippen molar-refractivity contribution in [2.24, 2.45) is 5.73 Å². The lowest BCUT2D eigenvalue weighted by molar-refractivity contribution is -0.138. The zero-order valence-corrected chi connectivity index (χ0v) is 16.6. The number of nitrogens with two attached hydrogens (primary N) is 1. The molecule has 0 fully saturated rings. The average molecular weight is 430 g/mol. The zero-order chi connectivity index (χ0) is 22.6. The van der Waals surface area contributed by atoms with E-state index < -0.39 is 35.5 Å². The molecule has 31 heavy (non-hydrogen) atoms. The van der Waals surface area contributed by atoms with E-state index in [0.29, 0.717) is 0 Å². The Labute approximate surface area is 177 Å². The molecule has 1 amide bonds. The number of amides is 1. The molecule has 0 radical (unpaired) electrons. The minimum absolute atomic E-state index is 0.116. The van der Waals surface area contributed by atoms with Crippen molar-refractivity contribution in [2.75, 3.05) is 11.9 Å². The van der Waals surface area contributed by atoms with Crippen molar-refractivity contribution in [3.8, 4) is 22.6 Å². The number of nitrogens with one attached hydrogen (secondary N) is 1. The molecule has 0 aromatic heterocycles. The van der Waals surface area contributed by atoms with E-state index in [0.717, 1.165) is 23.3 Å². The van der Waals surface area contributed by atoms with E-state index >= 15 is 0 Å². The molecule has 3 aromatic rings. The maximum Gasteiger partial charge on any atom is 0.420 e. The molecule has 162 valence electrons. The molecule has 3 rings (SSSR count). The van der Waals surface area contributed by atoms with Crippen LogP contribution in [0.5, 0.6) is 11.5 Å². The summed E-state index contributed by atoms with van der Waals surface area (Å²) >= 11 is 0. The Hall–Kier alpha value is -3.36. The highest BCUT2D eigenvalue weighted by molar-refractivity contribution is 5.97. The minimum Gasteiger partial charge on any atom is -0.457 e. The van der Waals surface area contributed by atoms with Gasteiger partial charge in [-0.05, 0) is 48.4 Å². The lowest BCUT2D eigenvalue weighted by Gasteiger charge is -2.21. The van der Waals surface area contributed by atoms with Gasteiger partial charge in [-0.3, -0.25) is 4.79 Å². The number of aliphatic hydroxyl groups is 1. The smallest absolute Gasteiger partial charge is 0.420 e. The molecule has 0 unspecified atom stereocenters. The van der Waals surface area contributed by atoms with Crippen molar-refractivity contribution in [1.82, 2.24) is 0 Å². The number of alkyl halides is 3. The van der Waals surface area contributed by atoms with Gasteiger partial charge in [-0.25, -0.2) is 0 Å². The lowest BCUT2D eigenvalue weighted by atomic mass is 10.0. The Bertz CT molecular complexity index is 1050. The first-order valence-electron chi connectivity index (χ1n) is 9.36. The number of carbonyl (C=O) groups excluding carboxylic acids is 1. The standard InChI is InChI=1S/C23H21F3N2O3/c1-22(27,14-29)21(30)28-17-9-12-20(19(13-17)23(24,25)26)31-18-10-7-16(8-11-18)15-5-3-2-4-6-15/h2-13,29H,14,27H2,1H3,(H,28,30)/t22-/m0/s1. The van der Waals surface area contributed by atoms with E-state index in [1.54, 1.807) is 24.3 Å². The molecule has 0 heterocycles. The fourth-order valence-electron chi connectivity index (χ4n) is 2.74. The zero-order valence-electron chi connectivity index (χ0n) is 16.6. The number of benzene rings is 3. The van der Waals surface area contributed by atoms with E-state index in [-0.39, 0.29) is 11.4 Å². The van der Waals surface area contributed by atoms with E-state index in [4.69, 9.17) is 15.6 Å². The fraction of sp³-hybridized carbons (Fsp3) is 0.174. The summed E-state index contributed by atoms with van der Waals surface area (Å²) in [6, 6.07) is 19.4. The topological polar surface area (TPSA) is 84.6 Å². The first-order valence-corrected chi connectivity index (χ1v) is 9.36. The average Bonchev–Trinajstić information content (AvgIpc) is 2.75. The van der Waals surface area contributed by atoms with Gasteiger partial charge in [-0.1, -0.05) is 42.5 Å². The first-order chi connectivity index (χ1) is 14.6. The van der Waals surface area contributed by atoms with Crippen LogP contribution < -0.4 is 15.8 Å². The highest BCUT2D eigenvalue weighted by Crippen LogP contribution is 2.40. The summed E-state index contributed by atoms with van der Waals surface area (Å²) in [4.78, 5) is 12.0. The maximum absolute atomic E-state index is 13.6. The predicted molar refractivity (Wildman–Crippen MR) is 112 cm³/mol. The Kier molecular flexibility index (Phi) is 6.33. The van der Waals surface area contributed by atoms with Crippen molar-refractivity contribution in [3.63, 3.8) is 0 Å². The summed E-state index contributed by atoms with van der Waals surface area (Å²) in [5, 5.41) is 11.4. The normalized spacial score (nSPS) is 13.4. The quantitative estimate of drug-likeness (QED) is 0.524. The second-order valence-corrected chi connectivity index (χ2v) is 7.23. The minimum atomic E-state index is -4.72. The largest absolute Gasteiger partial charge is 0.457 e. The molecule has 0 spiro atoms. The Balaban J connectivity index is 1.85. The van der Waals surface area contributed by atoms with Crippen LogP contribution in [0, 0.1) is 0 Å². The molecule has 0 aliphatic rings. The van der Waals surface area contributed by atoms with Crippen LogP contribution in [0.25, 0.3) is 11.1 Å². The van der Waals surface area contributed by atoms with Crippen molar-refractivity contribution >= 4 is 11.6 Å². The Morgan fingerprint density at radius 2 is 1.61 bits per heavy atom. The van der Waals surface area contributed by atoms with Crippen LogP contribution in [0.3, 0.4) is 0 Å². The van der Waals surface area contributed by atoms with Crippen LogP contribution in [-0.4, -0.2) is 23.2 Å². The molecule has 3 aromatic carbocycles. The van der Waals surface area contributed by atoms with Gasteiger partial charge in [0.1, 0.15) is 22.6 Å². The monoisotopic (exact) mass is 430 g/mol. The van der Waals surface area contributed by atoms with E-state index in [1.807, 2.05) is 30.3 Å². The van der Waals surface area contributed by atoms with Crippen molar-refractivity contribution in [2.45, 2.75) is 18.6 Å². The van der Waals surface area contributed by atoms with Crippen LogP contribution in [-0.2, 0) is 11.0 Å². The van der Waals surface area contributed by atoms with E-state index in [1.165, 1.54) is 13.0 Å². The maximum atomic E-state index is 13.6. The predicted octanol–water partition coefficient (Wildman–Crippen LogP) is 4.81. The van der Waals surface area contributed by atoms with Crippen LogP contribution in [0.1, 0.15) is 12.5 Å². The van der Waals surface area contributed by atoms with Crippen LogP contribution in [0.4, 0.5) is 18.9 Å². The molecule has 0 aliphatic heterocycles. The number of hydrogen-bond donors (Lipinski definition) is 3. The van der Waals surface area contributed by atoms with Gasteiger partial charge < -0.3 is 20.9 Å². The number of aliphatic hydroxyl groups excluding tert-OH is 1. The molecule has 4 N–H and O–H groups in total. The summed E-state index contributed by atoms with van der Waals surface area (Å²) in [5.41, 5.74) is 4.68.